The third-order valence-corrected chi connectivity index (χ3v) is 4.39. The van der Waals surface area contributed by atoms with Crippen LogP contribution in [0.15, 0.2) is 6.20 Å². The summed E-state index contributed by atoms with van der Waals surface area (Å²) in [5.41, 5.74) is 5.61. The van der Waals surface area contributed by atoms with E-state index in [-0.39, 0.29) is 0 Å². The van der Waals surface area contributed by atoms with Gasteiger partial charge in [0.05, 0.1) is 0 Å². The smallest absolute Gasteiger partial charge is 0.185 e. The van der Waals surface area contributed by atoms with Gasteiger partial charge in [0.1, 0.15) is 0 Å². The maximum atomic E-state index is 5.61. The highest BCUT2D eigenvalue weighted by atomic mass is 32.1. The fraction of sp³-hybridized carbons (Fsp3) is 0.727. The van der Waals surface area contributed by atoms with Gasteiger partial charge in [-0.05, 0) is 33.0 Å². The Morgan fingerprint density at radius 1 is 1.56 bits per heavy atom. The maximum absolute atomic E-state index is 5.61. The van der Waals surface area contributed by atoms with E-state index >= 15 is 0 Å². The molecular formula is C11H20N4S. The van der Waals surface area contributed by atoms with Gasteiger partial charge in [-0.2, -0.15) is 0 Å². The predicted octanol–water partition coefficient (Wildman–Crippen LogP) is 1.13. The lowest BCUT2D eigenvalue weighted by atomic mass is 10.0. The molecule has 0 atom stereocenters. The van der Waals surface area contributed by atoms with Crippen LogP contribution in [0.1, 0.15) is 17.7 Å². The summed E-state index contributed by atoms with van der Waals surface area (Å²) in [6.07, 6.45) is 4.35. The average Bonchev–Trinajstić information content (AvgIpc) is 2.77. The fourth-order valence-electron chi connectivity index (χ4n) is 2.09. The van der Waals surface area contributed by atoms with Gasteiger partial charge in [0.15, 0.2) is 5.13 Å². The molecule has 0 saturated carbocycles. The number of hydrogen-bond acceptors (Lipinski definition) is 5. The van der Waals surface area contributed by atoms with E-state index in [4.69, 9.17) is 5.73 Å². The highest BCUT2D eigenvalue weighted by Crippen LogP contribution is 2.26. The second kappa shape index (κ2) is 5.12. The first kappa shape index (κ1) is 11.8. The second-order valence-corrected chi connectivity index (χ2v) is 5.55. The van der Waals surface area contributed by atoms with Crippen molar-refractivity contribution in [2.75, 3.05) is 32.1 Å². The number of likely N-dealkylation sites (tertiary alicyclic amines) is 1. The summed E-state index contributed by atoms with van der Waals surface area (Å²) in [6, 6.07) is 0.632. The van der Waals surface area contributed by atoms with Gasteiger partial charge in [-0.15, -0.1) is 11.3 Å². The largest absolute Gasteiger partial charge is 0.348 e. The average molecular weight is 240 g/mol. The van der Waals surface area contributed by atoms with E-state index in [9.17, 15) is 0 Å². The SMILES string of the molecule is CN1CCC(N(C)c2ncc(CN)s2)CC1. The molecule has 2 heterocycles. The zero-order valence-electron chi connectivity index (χ0n) is 10.0. The standard InChI is InChI=1S/C11H20N4S/c1-14-5-3-9(4-6-14)15(2)11-13-8-10(7-12)16-11/h8-9H,3-7,12H2,1-2H3. The third kappa shape index (κ3) is 2.53. The Balaban J connectivity index is 1.98. The van der Waals surface area contributed by atoms with Crippen molar-refractivity contribution < 1.29 is 0 Å². The molecule has 16 heavy (non-hydrogen) atoms. The fourth-order valence-corrected chi connectivity index (χ4v) is 2.91. The summed E-state index contributed by atoms with van der Waals surface area (Å²) < 4.78 is 0. The van der Waals surface area contributed by atoms with Crippen LogP contribution in [0.5, 0.6) is 0 Å². The van der Waals surface area contributed by atoms with Crippen molar-refractivity contribution in [3.8, 4) is 0 Å². The van der Waals surface area contributed by atoms with Crippen molar-refractivity contribution in [1.82, 2.24) is 9.88 Å². The Kier molecular flexibility index (Phi) is 3.78. The minimum Gasteiger partial charge on any atom is -0.348 e. The molecule has 90 valence electrons. The minimum atomic E-state index is 0.596. The molecule has 0 aliphatic carbocycles. The molecule has 0 aromatic carbocycles. The van der Waals surface area contributed by atoms with Gasteiger partial charge >= 0.3 is 0 Å². The van der Waals surface area contributed by atoms with E-state index in [1.807, 2.05) is 6.20 Å². The highest BCUT2D eigenvalue weighted by Gasteiger charge is 2.22. The van der Waals surface area contributed by atoms with E-state index in [0.29, 0.717) is 12.6 Å². The Morgan fingerprint density at radius 3 is 2.81 bits per heavy atom. The molecule has 2 N–H and O–H groups in total. The highest BCUT2D eigenvalue weighted by molar-refractivity contribution is 7.15. The van der Waals surface area contributed by atoms with E-state index in [1.54, 1.807) is 11.3 Å². The number of anilines is 1. The first-order valence-corrected chi connectivity index (χ1v) is 6.58. The van der Waals surface area contributed by atoms with E-state index in [2.05, 4.69) is 28.9 Å². The van der Waals surface area contributed by atoms with E-state index < -0.39 is 0 Å². The summed E-state index contributed by atoms with van der Waals surface area (Å²) >= 11 is 1.71. The molecule has 2 rings (SSSR count). The molecule has 0 bridgehead atoms. The van der Waals surface area contributed by atoms with Crippen molar-refractivity contribution in [2.45, 2.75) is 25.4 Å². The maximum Gasteiger partial charge on any atom is 0.185 e. The summed E-state index contributed by atoms with van der Waals surface area (Å²) in [5, 5.41) is 1.11. The molecule has 1 aliphatic heterocycles. The van der Waals surface area contributed by atoms with Gasteiger partial charge in [0.2, 0.25) is 0 Å². The molecule has 0 spiro atoms. The van der Waals surface area contributed by atoms with Crippen LogP contribution in [0.25, 0.3) is 0 Å². The van der Waals surface area contributed by atoms with Gasteiger partial charge < -0.3 is 15.5 Å². The topological polar surface area (TPSA) is 45.4 Å². The zero-order chi connectivity index (χ0) is 11.5. The molecule has 5 heteroatoms. The van der Waals surface area contributed by atoms with Crippen molar-refractivity contribution >= 4 is 16.5 Å². The van der Waals surface area contributed by atoms with Crippen LogP contribution in [-0.4, -0.2) is 43.1 Å². The minimum absolute atomic E-state index is 0.596. The van der Waals surface area contributed by atoms with Gasteiger partial charge in [-0.25, -0.2) is 4.98 Å². The molecular weight excluding hydrogens is 220 g/mol. The molecule has 0 amide bonds. The third-order valence-electron chi connectivity index (χ3n) is 3.28. The Morgan fingerprint density at radius 2 is 2.25 bits per heavy atom. The Bertz CT molecular complexity index is 330. The van der Waals surface area contributed by atoms with Crippen LogP contribution in [0.2, 0.25) is 0 Å². The second-order valence-electron chi connectivity index (χ2n) is 4.46. The van der Waals surface area contributed by atoms with Crippen molar-refractivity contribution in [3.05, 3.63) is 11.1 Å². The van der Waals surface area contributed by atoms with Gasteiger partial charge in [-0.1, -0.05) is 0 Å². The van der Waals surface area contributed by atoms with Crippen LogP contribution >= 0.6 is 11.3 Å². The van der Waals surface area contributed by atoms with Crippen LogP contribution in [-0.2, 0) is 6.54 Å². The lowest BCUT2D eigenvalue weighted by Crippen LogP contribution is -2.41. The molecule has 1 saturated heterocycles. The molecule has 4 nitrogen and oxygen atoms in total. The monoisotopic (exact) mass is 240 g/mol. The molecule has 1 aliphatic rings. The number of thiazole rings is 1. The molecule has 1 aromatic heterocycles. The number of piperidine rings is 1. The predicted molar refractivity (Wildman–Crippen MR) is 68.9 cm³/mol. The summed E-state index contributed by atoms with van der Waals surface area (Å²) in [7, 11) is 4.33. The first-order chi connectivity index (χ1) is 7.70. The molecule has 0 unspecified atom stereocenters. The van der Waals surface area contributed by atoms with Crippen molar-refractivity contribution in [1.29, 1.82) is 0 Å². The van der Waals surface area contributed by atoms with Gasteiger partial charge in [0, 0.05) is 30.7 Å². The summed E-state index contributed by atoms with van der Waals surface area (Å²) in [6.45, 7) is 2.97. The zero-order valence-corrected chi connectivity index (χ0v) is 10.8. The van der Waals surface area contributed by atoms with Crippen LogP contribution < -0.4 is 10.6 Å². The molecule has 0 radical (unpaired) electrons. The van der Waals surface area contributed by atoms with E-state index in [1.165, 1.54) is 25.9 Å². The number of nitrogens with zero attached hydrogens (tertiary/aromatic N) is 3. The van der Waals surface area contributed by atoms with Crippen molar-refractivity contribution in [2.24, 2.45) is 5.73 Å². The number of nitrogens with two attached hydrogens (primary N) is 1. The first-order valence-electron chi connectivity index (χ1n) is 5.77. The lowest BCUT2D eigenvalue weighted by Gasteiger charge is -2.34. The summed E-state index contributed by atoms with van der Waals surface area (Å²) in [4.78, 5) is 10.3. The van der Waals surface area contributed by atoms with E-state index in [0.717, 1.165) is 10.0 Å². The van der Waals surface area contributed by atoms with Crippen LogP contribution in [0.4, 0.5) is 5.13 Å². The van der Waals surface area contributed by atoms with Gasteiger partial charge in [-0.3, -0.25) is 0 Å². The molecule has 1 fully saturated rings. The number of rotatable bonds is 3. The lowest BCUT2D eigenvalue weighted by molar-refractivity contribution is 0.253. The van der Waals surface area contributed by atoms with Gasteiger partial charge in [0.25, 0.3) is 0 Å². The number of hydrogen-bond donors (Lipinski definition) is 1. The van der Waals surface area contributed by atoms with Crippen LogP contribution in [0, 0.1) is 0 Å². The summed E-state index contributed by atoms with van der Waals surface area (Å²) in [5.74, 6) is 0. The van der Waals surface area contributed by atoms with Crippen LogP contribution in [0.3, 0.4) is 0 Å². The normalized spacial score (nSPS) is 18.9. The molecule has 1 aromatic rings. The van der Waals surface area contributed by atoms with Crippen molar-refractivity contribution in [3.63, 3.8) is 0 Å². The Hall–Kier alpha value is -0.650. The quantitative estimate of drug-likeness (QED) is 0.860. The Labute approximate surface area is 101 Å². The number of aromatic nitrogens is 1.